The minimum Gasteiger partial charge on any atom is -0.461 e. The van der Waals surface area contributed by atoms with Crippen LogP contribution in [-0.2, 0) is 18.3 Å². The molecule has 4 N–H and O–H groups in total. The number of H-pyrrole nitrogens is 1. The summed E-state index contributed by atoms with van der Waals surface area (Å²) in [7, 11) is -2.34. The minimum absolute atomic E-state index is 0.00418. The molecule has 0 bridgehead atoms. The topological polar surface area (TPSA) is 168 Å². The van der Waals surface area contributed by atoms with Crippen LogP contribution in [0.4, 0.5) is 5.95 Å². The largest absolute Gasteiger partial charge is 0.697 e. The van der Waals surface area contributed by atoms with Crippen LogP contribution in [0.3, 0.4) is 0 Å². The van der Waals surface area contributed by atoms with Crippen LogP contribution in [0.15, 0.2) is 27.6 Å². The van der Waals surface area contributed by atoms with E-state index >= 15 is 0 Å². The van der Waals surface area contributed by atoms with Crippen LogP contribution in [0.5, 0.6) is 0 Å². The predicted molar refractivity (Wildman–Crippen MR) is 88.6 cm³/mol. The molecule has 27 heavy (non-hydrogen) atoms. The van der Waals surface area contributed by atoms with Crippen LogP contribution in [0.1, 0.15) is 6.23 Å². The highest BCUT2D eigenvalue weighted by Gasteiger charge is 2.55. The second-order valence-corrected chi connectivity index (χ2v) is 6.97. The van der Waals surface area contributed by atoms with Crippen LogP contribution in [-0.4, -0.2) is 49.5 Å². The van der Waals surface area contributed by atoms with Crippen molar-refractivity contribution >= 4 is 25.4 Å². The van der Waals surface area contributed by atoms with Crippen molar-refractivity contribution in [3.63, 3.8) is 0 Å². The number of aliphatic hydroxyl groups is 1. The molecule has 3 aromatic rings. The number of nitrogens with one attached hydrogen (secondary N) is 1. The molecule has 0 saturated carbocycles. The second-order valence-electron chi connectivity index (χ2n) is 6.05. The summed E-state index contributed by atoms with van der Waals surface area (Å²) >= 11 is 0. The number of imidazole rings is 1. The molecular weight excluding hydrogens is 381 g/mol. The minimum atomic E-state index is -2.34. The number of furan rings is 1. The standard InChI is InChI=1S/C14H12N5O7P/c15-14-17-11-7(12(21)18-14)16-10(5-2-1-3-23-5)19(11)13-8(20)9-6(25-13)4-24-27(22)26-9/h1-3,6,8-9,13,20H,4H2,(H2-,15,17,18,21)/p+1/t6?,8?,9-,13-/m1/s1. The summed E-state index contributed by atoms with van der Waals surface area (Å²) in [5.74, 6) is 0.429. The summed E-state index contributed by atoms with van der Waals surface area (Å²) < 4.78 is 34.3. The molecule has 0 aliphatic carbocycles. The number of hydrogen-bond acceptors (Lipinski definition) is 10. The first-order valence-corrected chi connectivity index (χ1v) is 9.04. The Bertz CT molecular complexity index is 1090. The molecule has 140 valence electrons. The molecule has 0 amide bonds. The van der Waals surface area contributed by atoms with Gasteiger partial charge in [-0.25, -0.2) is 4.98 Å². The van der Waals surface area contributed by atoms with Gasteiger partial charge in [-0.2, -0.15) is 4.98 Å². The summed E-state index contributed by atoms with van der Waals surface area (Å²) in [6, 6.07) is 3.29. The molecule has 2 aliphatic rings. The second kappa shape index (κ2) is 5.94. The number of nitrogens with two attached hydrogens (primary N) is 1. The van der Waals surface area contributed by atoms with Crippen LogP contribution in [0, 0.1) is 0 Å². The Morgan fingerprint density at radius 3 is 3.04 bits per heavy atom. The lowest BCUT2D eigenvalue weighted by atomic mass is 10.1. The zero-order valence-corrected chi connectivity index (χ0v) is 14.4. The van der Waals surface area contributed by atoms with Gasteiger partial charge in [-0.15, -0.1) is 9.05 Å². The van der Waals surface area contributed by atoms with Crippen molar-refractivity contribution in [1.82, 2.24) is 19.5 Å². The van der Waals surface area contributed by atoms with E-state index in [0.29, 0.717) is 5.76 Å². The van der Waals surface area contributed by atoms with E-state index in [9.17, 15) is 14.5 Å². The molecule has 5 rings (SSSR count). The number of ether oxygens (including phenoxy) is 1. The van der Waals surface area contributed by atoms with Crippen LogP contribution in [0.2, 0.25) is 0 Å². The van der Waals surface area contributed by atoms with Crippen molar-refractivity contribution in [2.45, 2.75) is 24.5 Å². The van der Waals surface area contributed by atoms with E-state index in [1.807, 2.05) is 0 Å². The van der Waals surface area contributed by atoms with Crippen molar-refractivity contribution in [3.05, 3.63) is 28.7 Å². The van der Waals surface area contributed by atoms with E-state index in [-0.39, 0.29) is 29.5 Å². The molecule has 0 spiro atoms. The third-order valence-electron chi connectivity index (χ3n) is 4.43. The first-order valence-electron chi connectivity index (χ1n) is 7.95. The quantitative estimate of drug-likeness (QED) is 0.514. The van der Waals surface area contributed by atoms with Gasteiger partial charge < -0.3 is 20.0 Å². The fraction of sp³-hybridized carbons (Fsp3) is 0.357. The maximum atomic E-state index is 12.3. The zero-order valence-electron chi connectivity index (χ0n) is 13.5. The van der Waals surface area contributed by atoms with Gasteiger partial charge in [-0.05, 0) is 12.1 Å². The SMILES string of the molecule is Nc1nc2c(nc(-c3ccco3)n2[C@@H]2OC3CO[P+](=O)O[C@H]3C2O)c(=O)[nH]1. The number of nitrogen functional groups attached to an aromatic ring is 1. The van der Waals surface area contributed by atoms with E-state index in [1.54, 1.807) is 12.1 Å². The fourth-order valence-corrected chi connectivity index (χ4v) is 4.07. The van der Waals surface area contributed by atoms with Gasteiger partial charge in [0.05, 0.1) is 6.26 Å². The van der Waals surface area contributed by atoms with Gasteiger partial charge in [0.1, 0.15) is 18.8 Å². The number of aromatic amines is 1. The maximum absolute atomic E-state index is 12.3. The Morgan fingerprint density at radius 1 is 1.41 bits per heavy atom. The van der Waals surface area contributed by atoms with Gasteiger partial charge in [0, 0.05) is 4.57 Å². The summed E-state index contributed by atoms with van der Waals surface area (Å²) in [4.78, 5) is 23.1. The smallest absolute Gasteiger partial charge is 0.461 e. The van der Waals surface area contributed by atoms with Gasteiger partial charge in [-0.1, -0.05) is 0 Å². The third-order valence-corrected chi connectivity index (χ3v) is 5.20. The van der Waals surface area contributed by atoms with Crippen LogP contribution >= 0.6 is 8.25 Å². The normalized spacial score (nSPS) is 29.3. The van der Waals surface area contributed by atoms with Crippen molar-refractivity contribution in [3.8, 4) is 11.6 Å². The highest BCUT2D eigenvalue weighted by molar-refractivity contribution is 7.33. The number of aromatic nitrogens is 4. The number of rotatable bonds is 2. The lowest BCUT2D eigenvalue weighted by Crippen LogP contribution is -2.37. The van der Waals surface area contributed by atoms with Crippen molar-refractivity contribution in [1.29, 1.82) is 0 Å². The average Bonchev–Trinajstić information content (AvgIpc) is 3.33. The summed E-state index contributed by atoms with van der Waals surface area (Å²) in [5, 5.41) is 10.7. The summed E-state index contributed by atoms with van der Waals surface area (Å²) in [5.41, 5.74) is 5.24. The Morgan fingerprint density at radius 2 is 2.26 bits per heavy atom. The Hall–Kier alpha value is -2.63. The van der Waals surface area contributed by atoms with Gasteiger partial charge in [0.25, 0.3) is 5.56 Å². The van der Waals surface area contributed by atoms with E-state index in [4.69, 9.17) is 23.9 Å². The molecule has 13 heteroatoms. The monoisotopic (exact) mass is 394 g/mol. The number of hydrogen-bond donors (Lipinski definition) is 3. The zero-order chi connectivity index (χ0) is 18.7. The fourth-order valence-electron chi connectivity index (χ4n) is 3.28. The summed E-state index contributed by atoms with van der Waals surface area (Å²) in [6.07, 6.45) is -2.33. The molecule has 12 nitrogen and oxygen atoms in total. The molecule has 5 atom stereocenters. The molecule has 5 heterocycles. The average molecular weight is 394 g/mol. The number of aliphatic hydroxyl groups excluding tert-OH is 1. The molecule has 3 aromatic heterocycles. The molecule has 2 aliphatic heterocycles. The van der Waals surface area contributed by atoms with Crippen LogP contribution in [0.25, 0.3) is 22.7 Å². The van der Waals surface area contributed by atoms with Gasteiger partial charge in [0.15, 0.2) is 35.1 Å². The van der Waals surface area contributed by atoms with Crippen molar-refractivity contribution in [2.75, 3.05) is 12.3 Å². The molecule has 3 unspecified atom stereocenters. The molecule has 2 fully saturated rings. The highest BCUT2D eigenvalue weighted by Crippen LogP contribution is 2.44. The highest BCUT2D eigenvalue weighted by atomic mass is 31.1. The van der Waals surface area contributed by atoms with Crippen molar-refractivity contribution < 1.29 is 27.9 Å². The lowest BCUT2D eigenvalue weighted by molar-refractivity contribution is -0.0547. The first kappa shape index (κ1) is 16.5. The van der Waals surface area contributed by atoms with Gasteiger partial charge >= 0.3 is 8.25 Å². The molecule has 0 aromatic carbocycles. The molecule has 0 radical (unpaired) electrons. The van der Waals surface area contributed by atoms with Crippen LogP contribution < -0.4 is 11.3 Å². The van der Waals surface area contributed by atoms with E-state index in [2.05, 4.69) is 15.0 Å². The van der Waals surface area contributed by atoms with Gasteiger partial charge in [-0.3, -0.25) is 14.3 Å². The maximum Gasteiger partial charge on any atom is 0.697 e. The van der Waals surface area contributed by atoms with E-state index in [1.165, 1.54) is 10.8 Å². The third kappa shape index (κ3) is 2.50. The van der Waals surface area contributed by atoms with E-state index < -0.39 is 38.4 Å². The molecule has 2 saturated heterocycles. The number of nitrogens with zero attached hydrogens (tertiary/aromatic N) is 3. The number of fused-ring (bicyclic) bond motifs is 2. The Balaban J connectivity index is 1.71. The predicted octanol–water partition coefficient (Wildman–Crippen LogP) is 0.293. The Labute approximate surface area is 150 Å². The number of anilines is 1. The van der Waals surface area contributed by atoms with Gasteiger partial charge in [0.2, 0.25) is 5.95 Å². The molecular formula is C14H13N5O7P+. The van der Waals surface area contributed by atoms with Crippen molar-refractivity contribution in [2.24, 2.45) is 0 Å². The lowest BCUT2D eigenvalue weighted by Gasteiger charge is -2.18. The first-order chi connectivity index (χ1) is 13.0. The summed E-state index contributed by atoms with van der Waals surface area (Å²) in [6.45, 7) is -0.00764. The van der Waals surface area contributed by atoms with E-state index in [0.717, 1.165) is 0 Å². The Kier molecular flexibility index (Phi) is 3.64.